The second-order valence-electron chi connectivity index (χ2n) is 4.35. The highest BCUT2D eigenvalue weighted by Crippen LogP contribution is 2.04. The van der Waals surface area contributed by atoms with E-state index >= 15 is 0 Å². The van der Waals surface area contributed by atoms with E-state index in [0.717, 1.165) is 13.1 Å². The maximum atomic E-state index is 5.93. The van der Waals surface area contributed by atoms with Crippen molar-refractivity contribution < 1.29 is 9.26 Å². The van der Waals surface area contributed by atoms with Crippen LogP contribution < -0.4 is 5.73 Å². The predicted molar refractivity (Wildman–Crippen MR) is 81.6 cm³/mol. The van der Waals surface area contributed by atoms with Gasteiger partial charge in [0.15, 0.2) is 11.8 Å². The summed E-state index contributed by atoms with van der Waals surface area (Å²) < 4.78 is 10.5. The minimum Gasteiger partial charge on any atom is -0.375 e. The van der Waals surface area contributed by atoms with Crippen molar-refractivity contribution in [3.05, 3.63) is 11.7 Å². The largest absolute Gasteiger partial charge is 0.375 e. The molecule has 1 unspecified atom stereocenters. The minimum atomic E-state index is 0. The van der Waals surface area contributed by atoms with Crippen LogP contribution in [-0.4, -0.2) is 53.3 Å². The fourth-order valence-electron chi connectivity index (χ4n) is 1.83. The number of aromatic nitrogens is 2. The number of hydrogen-bond donors (Lipinski definition) is 1. The zero-order valence-corrected chi connectivity index (χ0v) is 13.5. The van der Waals surface area contributed by atoms with E-state index in [-0.39, 0.29) is 30.1 Å². The van der Waals surface area contributed by atoms with Gasteiger partial charge in [0, 0.05) is 19.5 Å². The Labute approximate surface area is 129 Å². The number of aliphatic imine (C=N–C) groups is 1. The molecule has 0 amide bonds. The van der Waals surface area contributed by atoms with Gasteiger partial charge < -0.3 is 19.9 Å². The summed E-state index contributed by atoms with van der Waals surface area (Å²) in [6, 6.07) is 0. The van der Waals surface area contributed by atoms with E-state index < -0.39 is 0 Å². The average molecular weight is 381 g/mol. The number of guanidine groups is 1. The molecule has 0 saturated carbocycles. The van der Waals surface area contributed by atoms with Crippen molar-refractivity contribution in [2.75, 3.05) is 26.2 Å². The number of ether oxygens (including phenoxy) is 1. The molecule has 1 atom stereocenters. The summed E-state index contributed by atoms with van der Waals surface area (Å²) >= 11 is 0. The van der Waals surface area contributed by atoms with Crippen LogP contribution in [0.15, 0.2) is 9.52 Å². The van der Waals surface area contributed by atoms with Crippen LogP contribution in [0.3, 0.4) is 0 Å². The number of nitrogens with two attached hydrogens (primary N) is 1. The van der Waals surface area contributed by atoms with Crippen molar-refractivity contribution in [3.8, 4) is 0 Å². The van der Waals surface area contributed by atoms with Crippen LogP contribution in [-0.2, 0) is 11.2 Å². The van der Waals surface area contributed by atoms with Crippen molar-refractivity contribution in [1.29, 1.82) is 0 Å². The Morgan fingerprint density at radius 1 is 1.58 bits per heavy atom. The Morgan fingerprint density at radius 2 is 2.37 bits per heavy atom. The Balaban J connectivity index is 0.00000180. The van der Waals surface area contributed by atoms with E-state index in [1.165, 1.54) is 0 Å². The number of morpholine rings is 1. The molecule has 0 spiro atoms. The van der Waals surface area contributed by atoms with E-state index in [2.05, 4.69) is 15.1 Å². The van der Waals surface area contributed by atoms with Crippen LogP contribution in [0.5, 0.6) is 0 Å². The average Bonchev–Trinajstić information content (AvgIpc) is 2.75. The lowest BCUT2D eigenvalue weighted by atomic mass is 10.3. The maximum absolute atomic E-state index is 5.93. The van der Waals surface area contributed by atoms with Crippen LogP contribution in [0, 0.1) is 6.92 Å². The maximum Gasteiger partial charge on any atom is 0.228 e. The molecule has 2 rings (SSSR count). The molecular formula is C11H20IN5O2. The summed E-state index contributed by atoms with van der Waals surface area (Å²) in [6.07, 6.45) is 0.813. The van der Waals surface area contributed by atoms with Gasteiger partial charge in [-0.25, -0.2) is 0 Å². The highest BCUT2D eigenvalue weighted by Gasteiger charge is 2.17. The molecule has 2 heterocycles. The van der Waals surface area contributed by atoms with E-state index in [0.29, 0.717) is 37.2 Å². The summed E-state index contributed by atoms with van der Waals surface area (Å²) in [6.45, 7) is 6.65. The van der Waals surface area contributed by atoms with Crippen molar-refractivity contribution in [2.24, 2.45) is 10.7 Å². The second-order valence-corrected chi connectivity index (χ2v) is 4.35. The summed E-state index contributed by atoms with van der Waals surface area (Å²) in [5, 5.41) is 3.72. The van der Waals surface area contributed by atoms with Crippen LogP contribution in [0.2, 0.25) is 0 Å². The van der Waals surface area contributed by atoms with Crippen LogP contribution >= 0.6 is 24.0 Å². The highest BCUT2D eigenvalue weighted by molar-refractivity contribution is 14.0. The van der Waals surface area contributed by atoms with Gasteiger partial charge in [-0.05, 0) is 13.8 Å². The van der Waals surface area contributed by atoms with E-state index in [9.17, 15) is 0 Å². The smallest absolute Gasteiger partial charge is 0.228 e. The van der Waals surface area contributed by atoms with Gasteiger partial charge in [0.1, 0.15) is 0 Å². The molecule has 1 aliphatic heterocycles. The second kappa shape index (κ2) is 7.63. The molecule has 1 saturated heterocycles. The van der Waals surface area contributed by atoms with Crippen molar-refractivity contribution in [2.45, 2.75) is 26.4 Å². The first kappa shape index (κ1) is 16.2. The Kier molecular flexibility index (Phi) is 6.49. The van der Waals surface area contributed by atoms with E-state index in [1.54, 1.807) is 6.92 Å². The predicted octanol–water partition coefficient (Wildman–Crippen LogP) is 0.574. The molecule has 0 aromatic carbocycles. The van der Waals surface area contributed by atoms with Crippen molar-refractivity contribution in [3.63, 3.8) is 0 Å². The van der Waals surface area contributed by atoms with Gasteiger partial charge in [-0.3, -0.25) is 4.99 Å². The monoisotopic (exact) mass is 381 g/mol. The molecule has 2 N–H and O–H groups in total. The highest BCUT2D eigenvalue weighted by atomic mass is 127. The molecule has 1 aromatic rings. The van der Waals surface area contributed by atoms with Crippen LogP contribution in [0.4, 0.5) is 0 Å². The third-order valence-electron chi connectivity index (χ3n) is 2.73. The van der Waals surface area contributed by atoms with Gasteiger partial charge in [-0.1, -0.05) is 5.16 Å². The quantitative estimate of drug-likeness (QED) is 0.468. The van der Waals surface area contributed by atoms with E-state index in [4.69, 9.17) is 15.0 Å². The van der Waals surface area contributed by atoms with Gasteiger partial charge in [0.25, 0.3) is 0 Å². The third kappa shape index (κ3) is 4.94. The summed E-state index contributed by atoms with van der Waals surface area (Å²) in [5.41, 5.74) is 5.93. The summed E-state index contributed by atoms with van der Waals surface area (Å²) in [4.78, 5) is 10.5. The number of nitrogens with zero attached hydrogens (tertiary/aromatic N) is 4. The van der Waals surface area contributed by atoms with Crippen LogP contribution in [0.25, 0.3) is 0 Å². The van der Waals surface area contributed by atoms with Gasteiger partial charge in [0.05, 0.1) is 19.3 Å². The van der Waals surface area contributed by atoms with Gasteiger partial charge in [-0.2, -0.15) is 4.98 Å². The number of hydrogen-bond acceptors (Lipinski definition) is 5. The van der Waals surface area contributed by atoms with Crippen molar-refractivity contribution in [1.82, 2.24) is 15.0 Å². The molecule has 1 aromatic heterocycles. The lowest BCUT2D eigenvalue weighted by Crippen LogP contribution is -2.47. The summed E-state index contributed by atoms with van der Waals surface area (Å²) in [5.74, 6) is 1.80. The number of aryl methyl sites for hydroxylation is 1. The molecule has 108 valence electrons. The molecule has 8 heteroatoms. The molecular weight excluding hydrogens is 361 g/mol. The molecule has 7 nitrogen and oxygen atoms in total. The van der Waals surface area contributed by atoms with Gasteiger partial charge >= 0.3 is 0 Å². The molecule has 1 fully saturated rings. The fraction of sp³-hybridized carbons (Fsp3) is 0.727. The van der Waals surface area contributed by atoms with E-state index in [1.807, 2.05) is 11.8 Å². The normalized spacial score (nSPS) is 20.2. The SMILES string of the molecule is Cc1noc(CCN=C(N)N2CCOC(C)C2)n1.I. The number of rotatable bonds is 3. The molecule has 0 aliphatic carbocycles. The van der Waals surface area contributed by atoms with Gasteiger partial charge in [-0.15, -0.1) is 24.0 Å². The number of halogens is 1. The van der Waals surface area contributed by atoms with Gasteiger partial charge in [0.2, 0.25) is 5.89 Å². The first-order chi connectivity index (χ1) is 8.65. The molecule has 1 aliphatic rings. The first-order valence-electron chi connectivity index (χ1n) is 6.11. The summed E-state index contributed by atoms with van der Waals surface area (Å²) in [7, 11) is 0. The van der Waals surface area contributed by atoms with Crippen molar-refractivity contribution >= 4 is 29.9 Å². The fourth-order valence-corrected chi connectivity index (χ4v) is 1.83. The Bertz CT molecular complexity index is 423. The molecule has 19 heavy (non-hydrogen) atoms. The van der Waals surface area contributed by atoms with Crippen LogP contribution in [0.1, 0.15) is 18.6 Å². The Hall–Kier alpha value is -0.900. The lowest BCUT2D eigenvalue weighted by molar-refractivity contribution is 0.00530. The zero-order chi connectivity index (χ0) is 13.0. The third-order valence-corrected chi connectivity index (χ3v) is 2.73. The lowest BCUT2D eigenvalue weighted by Gasteiger charge is -2.31. The molecule has 0 radical (unpaired) electrons. The standard InChI is InChI=1S/C11H19N5O2.HI/c1-8-7-16(5-6-17-8)11(12)13-4-3-10-14-9(2)15-18-10;/h8H,3-7H2,1-2H3,(H2,12,13);1H. The Morgan fingerprint density at radius 3 is 3.00 bits per heavy atom. The molecule has 0 bridgehead atoms. The first-order valence-corrected chi connectivity index (χ1v) is 6.11. The topological polar surface area (TPSA) is 89.8 Å². The minimum absolute atomic E-state index is 0. The zero-order valence-electron chi connectivity index (χ0n) is 11.2.